The van der Waals surface area contributed by atoms with Crippen molar-refractivity contribution in [2.45, 2.75) is 25.0 Å². The summed E-state index contributed by atoms with van der Waals surface area (Å²) in [6.45, 7) is 2.23. The summed E-state index contributed by atoms with van der Waals surface area (Å²) in [5.41, 5.74) is 1.34. The summed E-state index contributed by atoms with van der Waals surface area (Å²) in [5, 5.41) is 6.18. The minimum Gasteiger partial charge on any atom is -0.337 e. The minimum absolute atomic E-state index is 0.0225. The molecule has 2 amide bonds. The fourth-order valence-electron chi connectivity index (χ4n) is 1.98. The summed E-state index contributed by atoms with van der Waals surface area (Å²) in [7, 11) is 0. The Morgan fingerprint density at radius 1 is 1.32 bits per heavy atom. The highest BCUT2D eigenvalue weighted by molar-refractivity contribution is 8.00. The number of hydrogen-bond donors (Lipinski definition) is 2. The van der Waals surface area contributed by atoms with Gasteiger partial charge in [0.2, 0.25) is 0 Å². The number of carbonyl (C=O) groups is 2. The van der Waals surface area contributed by atoms with Gasteiger partial charge in [0, 0.05) is 23.0 Å². The van der Waals surface area contributed by atoms with Crippen molar-refractivity contribution in [2.75, 3.05) is 17.6 Å². The van der Waals surface area contributed by atoms with E-state index in [0.717, 1.165) is 0 Å². The molecule has 1 aromatic carbocycles. The maximum Gasteiger partial charge on any atom is 0.319 e. The van der Waals surface area contributed by atoms with E-state index in [9.17, 15) is 9.59 Å². The van der Waals surface area contributed by atoms with Gasteiger partial charge < -0.3 is 10.6 Å². The summed E-state index contributed by atoms with van der Waals surface area (Å²) in [6.07, 6.45) is 2.42. The molecule has 102 valence electrons. The molecule has 0 bridgehead atoms. The molecular formula is C14H18N2O2S. The largest absolute Gasteiger partial charge is 0.337 e. The van der Waals surface area contributed by atoms with Crippen molar-refractivity contribution in [2.24, 2.45) is 0 Å². The van der Waals surface area contributed by atoms with E-state index in [2.05, 4.69) is 10.6 Å². The Balaban J connectivity index is 1.79. The van der Waals surface area contributed by atoms with E-state index in [4.69, 9.17) is 0 Å². The van der Waals surface area contributed by atoms with Crippen molar-refractivity contribution in [1.82, 2.24) is 5.32 Å². The van der Waals surface area contributed by atoms with Crippen molar-refractivity contribution in [3.8, 4) is 0 Å². The van der Waals surface area contributed by atoms with Crippen LogP contribution in [0.25, 0.3) is 0 Å². The number of rotatable bonds is 4. The number of amides is 2. The Morgan fingerprint density at radius 2 is 2.05 bits per heavy atom. The van der Waals surface area contributed by atoms with Gasteiger partial charge in [0.1, 0.15) is 0 Å². The highest BCUT2D eigenvalue weighted by atomic mass is 32.2. The highest BCUT2D eigenvalue weighted by Gasteiger charge is 2.16. The van der Waals surface area contributed by atoms with Gasteiger partial charge in [-0.25, -0.2) is 4.79 Å². The van der Waals surface area contributed by atoms with Gasteiger partial charge in [-0.15, -0.1) is 0 Å². The molecule has 0 aromatic heterocycles. The molecule has 0 radical (unpaired) electrons. The predicted molar refractivity (Wildman–Crippen MR) is 78.9 cm³/mol. The van der Waals surface area contributed by atoms with Gasteiger partial charge in [-0.1, -0.05) is 0 Å². The number of Topliss-reactive ketones (excluding diaryl/α,β-unsaturated/α-hetero) is 1. The Kier molecular flexibility index (Phi) is 4.85. The molecule has 0 saturated carbocycles. The van der Waals surface area contributed by atoms with Crippen molar-refractivity contribution >= 4 is 29.3 Å². The number of nitrogens with one attached hydrogen (secondary N) is 2. The highest BCUT2D eigenvalue weighted by Crippen LogP contribution is 2.25. The van der Waals surface area contributed by atoms with Crippen LogP contribution in [0.5, 0.6) is 0 Å². The molecule has 19 heavy (non-hydrogen) atoms. The third kappa shape index (κ3) is 4.28. The van der Waals surface area contributed by atoms with E-state index in [0.29, 0.717) is 23.0 Å². The zero-order chi connectivity index (χ0) is 13.7. The van der Waals surface area contributed by atoms with Crippen LogP contribution in [0.3, 0.4) is 0 Å². The van der Waals surface area contributed by atoms with Gasteiger partial charge in [-0.3, -0.25) is 4.79 Å². The quantitative estimate of drug-likeness (QED) is 0.833. The van der Waals surface area contributed by atoms with Crippen LogP contribution >= 0.6 is 11.8 Å². The molecule has 1 aromatic rings. The molecule has 0 spiro atoms. The summed E-state index contributed by atoms with van der Waals surface area (Å²) in [5.74, 6) is 1.22. The zero-order valence-corrected chi connectivity index (χ0v) is 11.8. The molecule has 1 fully saturated rings. The lowest BCUT2D eigenvalue weighted by molar-refractivity contribution is 0.101. The van der Waals surface area contributed by atoms with Gasteiger partial charge in [-0.05, 0) is 49.8 Å². The van der Waals surface area contributed by atoms with Gasteiger partial charge in [0.05, 0.1) is 0 Å². The van der Waals surface area contributed by atoms with Crippen LogP contribution in [-0.4, -0.2) is 29.4 Å². The van der Waals surface area contributed by atoms with E-state index in [1.165, 1.54) is 25.5 Å². The van der Waals surface area contributed by atoms with Crippen LogP contribution in [-0.2, 0) is 0 Å². The SMILES string of the molecule is CC(=O)c1ccc(NC(=O)NCC2CCCS2)cc1. The standard InChI is InChI=1S/C14H18N2O2S/c1-10(17)11-4-6-12(7-5-11)16-14(18)15-9-13-3-2-8-19-13/h4-7,13H,2-3,8-9H2,1H3,(H2,15,16,18). The lowest BCUT2D eigenvalue weighted by atomic mass is 10.1. The van der Waals surface area contributed by atoms with Crippen LogP contribution in [0.2, 0.25) is 0 Å². The lowest BCUT2D eigenvalue weighted by Crippen LogP contribution is -2.33. The van der Waals surface area contributed by atoms with E-state index in [-0.39, 0.29) is 11.8 Å². The number of anilines is 1. The van der Waals surface area contributed by atoms with E-state index < -0.39 is 0 Å². The number of benzene rings is 1. The average molecular weight is 278 g/mol. The fourth-order valence-corrected chi connectivity index (χ4v) is 3.18. The molecule has 5 heteroatoms. The second-order valence-corrected chi connectivity index (χ2v) is 6.01. The second-order valence-electron chi connectivity index (χ2n) is 4.60. The van der Waals surface area contributed by atoms with E-state index in [1.807, 2.05) is 11.8 Å². The molecule has 1 aliphatic rings. The Hall–Kier alpha value is -1.49. The number of carbonyl (C=O) groups excluding carboxylic acids is 2. The number of hydrogen-bond acceptors (Lipinski definition) is 3. The molecule has 1 heterocycles. The first kappa shape index (κ1) is 13.9. The normalized spacial score (nSPS) is 18.1. The molecule has 0 aliphatic carbocycles. The Morgan fingerprint density at radius 3 is 2.63 bits per heavy atom. The number of urea groups is 1. The summed E-state index contributed by atoms with van der Waals surface area (Å²) < 4.78 is 0. The topological polar surface area (TPSA) is 58.2 Å². The van der Waals surface area contributed by atoms with Gasteiger partial charge in [0.15, 0.2) is 5.78 Å². The maximum absolute atomic E-state index is 11.7. The predicted octanol–water partition coefficient (Wildman–Crippen LogP) is 2.91. The number of ketones is 1. The molecule has 1 unspecified atom stereocenters. The smallest absolute Gasteiger partial charge is 0.319 e. The maximum atomic E-state index is 11.7. The fraction of sp³-hybridized carbons (Fsp3) is 0.429. The van der Waals surface area contributed by atoms with Gasteiger partial charge >= 0.3 is 6.03 Å². The van der Waals surface area contributed by atoms with Crippen LogP contribution in [0.4, 0.5) is 10.5 Å². The minimum atomic E-state index is -0.192. The third-order valence-electron chi connectivity index (χ3n) is 3.06. The van der Waals surface area contributed by atoms with Crippen molar-refractivity contribution < 1.29 is 9.59 Å². The summed E-state index contributed by atoms with van der Waals surface area (Å²) in [4.78, 5) is 22.8. The zero-order valence-electron chi connectivity index (χ0n) is 10.9. The first-order valence-corrected chi connectivity index (χ1v) is 7.47. The summed E-state index contributed by atoms with van der Waals surface area (Å²) in [6, 6.07) is 6.71. The second kappa shape index (κ2) is 6.61. The van der Waals surface area contributed by atoms with Crippen LogP contribution in [0.15, 0.2) is 24.3 Å². The third-order valence-corrected chi connectivity index (χ3v) is 4.46. The van der Waals surface area contributed by atoms with Crippen molar-refractivity contribution in [3.05, 3.63) is 29.8 Å². The molecule has 1 atom stereocenters. The van der Waals surface area contributed by atoms with E-state index in [1.54, 1.807) is 24.3 Å². The monoisotopic (exact) mass is 278 g/mol. The Labute approximate surface area is 117 Å². The van der Waals surface area contributed by atoms with Crippen molar-refractivity contribution in [3.63, 3.8) is 0 Å². The van der Waals surface area contributed by atoms with Gasteiger partial charge in [-0.2, -0.15) is 11.8 Å². The first-order chi connectivity index (χ1) is 9.15. The first-order valence-electron chi connectivity index (χ1n) is 6.42. The molecule has 1 aliphatic heterocycles. The lowest BCUT2D eigenvalue weighted by Gasteiger charge is -2.11. The van der Waals surface area contributed by atoms with Crippen LogP contribution in [0.1, 0.15) is 30.1 Å². The average Bonchev–Trinajstić information content (AvgIpc) is 2.90. The number of thioether (sulfide) groups is 1. The molecule has 2 N–H and O–H groups in total. The molecular weight excluding hydrogens is 260 g/mol. The van der Waals surface area contributed by atoms with Crippen LogP contribution < -0.4 is 10.6 Å². The molecule has 4 nitrogen and oxygen atoms in total. The van der Waals surface area contributed by atoms with E-state index >= 15 is 0 Å². The molecule has 2 rings (SSSR count). The van der Waals surface area contributed by atoms with Gasteiger partial charge in [0.25, 0.3) is 0 Å². The summed E-state index contributed by atoms with van der Waals surface area (Å²) >= 11 is 1.92. The van der Waals surface area contributed by atoms with Crippen molar-refractivity contribution in [1.29, 1.82) is 0 Å². The molecule has 1 saturated heterocycles. The van der Waals surface area contributed by atoms with Crippen LogP contribution in [0, 0.1) is 0 Å². The Bertz CT molecular complexity index is 453.